The van der Waals surface area contributed by atoms with Crippen molar-refractivity contribution in [2.45, 2.75) is 6.92 Å². The Kier molecular flexibility index (Phi) is 2.66. The quantitative estimate of drug-likeness (QED) is 0.746. The Balaban J connectivity index is 2.36. The molecule has 0 aliphatic carbocycles. The first-order valence-electron chi connectivity index (χ1n) is 5.06. The molecule has 0 spiro atoms. The molecule has 0 fully saturated rings. The predicted octanol–water partition coefficient (Wildman–Crippen LogP) is 2.31. The summed E-state index contributed by atoms with van der Waals surface area (Å²) < 4.78 is 18.4. The summed E-state index contributed by atoms with van der Waals surface area (Å²) in [5.41, 5.74) is 1.70. The van der Waals surface area contributed by atoms with Crippen LogP contribution in [-0.2, 0) is 0 Å². The molecule has 4 heteroatoms. The third kappa shape index (κ3) is 1.98. The van der Waals surface area contributed by atoms with Crippen molar-refractivity contribution in [3.63, 3.8) is 0 Å². The first-order chi connectivity index (χ1) is 7.20. The van der Waals surface area contributed by atoms with E-state index in [4.69, 9.17) is 4.74 Å². The minimum Gasteiger partial charge on any atom is -0.494 e. The van der Waals surface area contributed by atoms with E-state index in [0.29, 0.717) is 5.92 Å². The molecule has 1 aliphatic heterocycles. The Morgan fingerprint density at radius 1 is 1.27 bits per heavy atom. The van der Waals surface area contributed by atoms with Crippen LogP contribution in [0, 0.1) is 11.7 Å². The average molecular weight is 210 g/mol. The van der Waals surface area contributed by atoms with Crippen molar-refractivity contribution in [3.05, 3.63) is 17.9 Å². The van der Waals surface area contributed by atoms with Gasteiger partial charge in [-0.05, 0) is 5.92 Å². The Bertz CT molecular complexity index is 368. The first kappa shape index (κ1) is 10.1. The second kappa shape index (κ2) is 3.96. The molecule has 3 nitrogen and oxygen atoms in total. The van der Waals surface area contributed by atoms with Gasteiger partial charge >= 0.3 is 0 Å². The lowest BCUT2D eigenvalue weighted by Gasteiger charge is -2.10. The third-order valence-corrected chi connectivity index (χ3v) is 2.57. The number of nitrogens with one attached hydrogen (secondary N) is 2. The number of benzene rings is 1. The standard InChI is InChI=1S/C11H15FN2O/c1-7-5-13-9-3-8(12)11(15-2)4-10(9)14-6-7/h3-4,7,13-14H,5-6H2,1-2H3. The van der Waals surface area contributed by atoms with Crippen molar-refractivity contribution >= 4 is 11.4 Å². The van der Waals surface area contributed by atoms with Gasteiger partial charge in [-0.25, -0.2) is 4.39 Å². The van der Waals surface area contributed by atoms with Gasteiger partial charge in [-0.3, -0.25) is 0 Å². The van der Waals surface area contributed by atoms with Gasteiger partial charge in [0.15, 0.2) is 11.6 Å². The maximum Gasteiger partial charge on any atom is 0.167 e. The van der Waals surface area contributed by atoms with E-state index in [0.717, 1.165) is 24.5 Å². The van der Waals surface area contributed by atoms with E-state index in [2.05, 4.69) is 17.6 Å². The van der Waals surface area contributed by atoms with Gasteiger partial charge in [0.05, 0.1) is 18.5 Å². The van der Waals surface area contributed by atoms with Gasteiger partial charge in [0.25, 0.3) is 0 Å². The molecular formula is C11H15FN2O. The second-order valence-corrected chi connectivity index (χ2v) is 3.90. The van der Waals surface area contributed by atoms with Gasteiger partial charge in [-0.15, -0.1) is 0 Å². The van der Waals surface area contributed by atoms with Crippen molar-refractivity contribution in [2.24, 2.45) is 5.92 Å². The van der Waals surface area contributed by atoms with Crippen LogP contribution in [0.5, 0.6) is 5.75 Å². The number of fused-ring (bicyclic) bond motifs is 1. The van der Waals surface area contributed by atoms with Crippen molar-refractivity contribution in [1.82, 2.24) is 0 Å². The highest BCUT2D eigenvalue weighted by atomic mass is 19.1. The normalized spacial score (nSPS) is 19.5. The van der Waals surface area contributed by atoms with E-state index in [1.807, 2.05) is 0 Å². The molecule has 0 saturated heterocycles. The summed E-state index contributed by atoms with van der Waals surface area (Å²) >= 11 is 0. The molecule has 82 valence electrons. The first-order valence-corrected chi connectivity index (χ1v) is 5.06. The van der Waals surface area contributed by atoms with Crippen molar-refractivity contribution in [3.8, 4) is 5.75 Å². The monoisotopic (exact) mass is 210 g/mol. The molecule has 1 aromatic rings. The fraction of sp³-hybridized carbons (Fsp3) is 0.455. The Labute approximate surface area is 88.6 Å². The van der Waals surface area contributed by atoms with Crippen molar-refractivity contribution in [1.29, 1.82) is 0 Å². The molecule has 2 rings (SSSR count). The van der Waals surface area contributed by atoms with Crippen LogP contribution in [-0.4, -0.2) is 20.2 Å². The zero-order valence-corrected chi connectivity index (χ0v) is 8.93. The second-order valence-electron chi connectivity index (χ2n) is 3.90. The van der Waals surface area contributed by atoms with E-state index in [-0.39, 0.29) is 11.6 Å². The lowest BCUT2D eigenvalue weighted by molar-refractivity contribution is 0.387. The number of hydrogen-bond donors (Lipinski definition) is 2. The molecular weight excluding hydrogens is 195 g/mol. The molecule has 15 heavy (non-hydrogen) atoms. The maximum absolute atomic E-state index is 13.4. The maximum atomic E-state index is 13.4. The predicted molar refractivity (Wildman–Crippen MR) is 59.1 cm³/mol. The van der Waals surface area contributed by atoms with Gasteiger partial charge < -0.3 is 15.4 Å². The summed E-state index contributed by atoms with van der Waals surface area (Å²) in [5, 5.41) is 6.48. The number of anilines is 2. The summed E-state index contributed by atoms with van der Waals surface area (Å²) in [6, 6.07) is 3.16. The van der Waals surface area contributed by atoms with Crippen molar-refractivity contribution in [2.75, 3.05) is 30.8 Å². The largest absolute Gasteiger partial charge is 0.494 e. The summed E-state index contributed by atoms with van der Waals surface area (Å²) in [6.45, 7) is 3.88. The van der Waals surface area contributed by atoms with E-state index in [9.17, 15) is 4.39 Å². The lowest BCUT2D eigenvalue weighted by atomic mass is 10.2. The Morgan fingerprint density at radius 3 is 2.47 bits per heavy atom. The van der Waals surface area contributed by atoms with Gasteiger partial charge in [0.1, 0.15) is 0 Å². The highest BCUT2D eigenvalue weighted by Gasteiger charge is 2.14. The van der Waals surface area contributed by atoms with E-state index < -0.39 is 0 Å². The molecule has 0 aromatic heterocycles. The molecule has 0 amide bonds. The number of hydrogen-bond acceptors (Lipinski definition) is 3. The molecule has 1 unspecified atom stereocenters. The van der Waals surface area contributed by atoms with Gasteiger partial charge in [0.2, 0.25) is 0 Å². The van der Waals surface area contributed by atoms with Crippen LogP contribution in [0.3, 0.4) is 0 Å². The summed E-state index contributed by atoms with van der Waals surface area (Å²) in [6.07, 6.45) is 0. The zero-order valence-electron chi connectivity index (χ0n) is 8.93. The van der Waals surface area contributed by atoms with Crippen LogP contribution in [0.25, 0.3) is 0 Å². The average Bonchev–Trinajstić information content (AvgIpc) is 2.40. The molecule has 0 bridgehead atoms. The smallest absolute Gasteiger partial charge is 0.167 e. The molecule has 1 aliphatic rings. The summed E-state index contributed by atoms with van der Waals surface area (Å²) in [7, 11) is 1.47. The molecule has 1 aromatic carbocycles. The highest BCUT2D eigenvalue weighted by molar-refractivity contribution is 5.71. The summed E-state index contributed by atoms with van der Waals surface area (Å²) in [4.78, 5) is 0. The van der Waals surface area contributed by atoms with Crippen molar-refractivity contribution < 1.29 is 9.13 Å². The van der Waals surface area contributed by atoms with Crippen LogP contribution in [0.1, 0.15) is 6.92 Å². The Morgan fingerprint density at radius 2 is 1.87 bits per heavy atom. The SMILES string of the molecule is COc1cc2c(cc1F)NCC(C)CN2. The van der Waals surface area contributed by atoms with Gasteiger partial charge in [0, 0.05) is 25.2 Å². The topological polar surface area (TPSA) is 33.3 Å². The lowest BCUT2D eigenvalue weighted by Crippen LogP contribution is -2.14. The van der Waals surface area contributed by atoms with E-state index in [1.165, 1.54) is 13.2 Å². The van der Waals surface area contributed by atoms with Crippen LogP contribution in [0.4, 0.5) is 15.8 Å². The number of rotatable bonds is 1. The summed E-state index contributed by atoms with van der Waals surface area (Å²) in [5.74, 6) is 0.462. The number of methoxy groups -OCH3 is 1. The van der Waals surface area contributed by atoms with E-state index in [1.54, 1.807) is 6.07 Å². The fourth-order valence-corrected chi connectivity index (χ4v) is 1.64. The molecule has 1 atom stereocenters. The molecule has 0 saturated carbocycles. The van der Waals surface area contributed by atoms with Crippen LogP contribution < -0.4 is 15.4 Å². The molecule has 2 N–H and O–H groups in total. The van der Waals surface area contributed by atoms with Crippen LogP contribution in [0.15, 0.2) is 12.1 Å². The molecule has 1 heterocycles. The number of ether oxygens (including phenoxy) is 1. The highest BCUT2D eigenvalue weighted by Crippen LogP contribution is 2.31. The van der Waals surface area contributed by atoms with E-state index >= 15 is 0 Å². The van der Waals surface area contributed by atoms with Gasteiger partial charge in [-0.2, -0.15) is 0 Å². The van der Waals surface area contributed by atoms with Crippen LogP contribution in [0.2, 0.25) is 0 Å². The third-order valence-electron chi connectivity index (χ3n) is 2.57. The van der Waals surface area contributed by atoms with Gasteiger partial charge in [-0.1, -0.05) is 6.92 Å². The van der Waals surface area contributed by atoms with Crippen LogP contribution >= 0.6 is 0 Å². The zero-order chi connectivity index (χ0) is 10.8. The fourth-order valence-electron chi connectivity index (χ4n) is 1.64. The minimum absolute atomic E-state index is 0.276. The minimum atomic E-state index is -0.333. The molecule has 0 radical (unpaired) electrons. The number of halogens is 1. The Hall–Kier alpha value is -1.45.